The molecule has 5 nitrogen and oxygen atoms in total. The Morgan fingerprint density at radius 3 is 2.29 bits per heavy atom. The summed E-state index contributed by atoms with van der Waals surface area (Å²) in [6.07, 6.45) is 0. The van der Waals surface area contributed by atoms with Gasteiger partial charge in [-0.05, 0) is 30.2 Å². The number of anilines is 1. The summed E-state index contributed by atoms with van der Waals surface area (Å²) in [6, 6.07) is 17.4. The summed E-state index contributed by atoms with van der Waals surface area (Å²) in [5, 5.41) is 6.18. The lowest BCUT2D eigenvalue weighted by molar-refractivity contribution is 0.102. The van der Waals surface area contributed by atoms with Gasteiger partial charge in [-0.3, -0.25) is 10.1 Å². The highest BCUT2D eigenvalue weighted by molar-refractivity contribution is 6.03. The number of hydrogen-bond acceptors (Lipinski definition) is 4. The van der Waals surface area contributed by atoms with E-state index in [0.717, 1.165) is 11.1 Å². The van der Waals surface area contributed by atoms with Crippen molar-refractivity contribution in [3.63, 3.8) is 0 Å². The molecule has 0 atom stereocenters. The van der Waals surface area contributed by atoms with Crippen molar-refractivity contribution in [2.75, 3.05) is 5.32 Å². The molecule has 0 aliphatic carbocycles. The predicted octanol–water partition coefficient (Wildman–Crippen LogP) is 3.30. The maximum absolute atomic E-state index is 12.0. The van der Waals surface area contributed by atoms with E-state index in [2.05, 4.69) is 15.5 Å². The van der Waals surface area contributed by atoms with Crippen LogP contribution in [-0.2, 0) is 0 Å². The molecule has 0 aliphatic heterocycles. The van der Waals surface area contributed by atoms with Gasteiger partial charge in [-0.1, -0.05) is 47.6 Å². The van der Waals surface area contributed by atoms with Crippen LogP contribution in [0.5, 0.6) is 0 Å². The van der Waals surface area contributed by atoms with Crippen LogP contribution in [0.3, 0.4) is 0 Å². The summed E-state index contributed by atoms with van der Waals surface area (Å²) in [6.45, 7) is 1.69. The van der Waals surface area contributed by atoms with Gasteiger partial charge in [0.15, 0.2) is 5.82 Å². The minimum atomic E-state index is -0.279. The number of carbonyl (C=O) groups excluding carboxylic acids is 1. The number of aromatic nitrogens is 2. The molecule has 0 aliphatic rings. The van der Waals surface area contributed by atoms with Gasteiger partial charge in [-0.15, -0.1) is 0 Å². The summed E-state index contributed by atoms with van der Waals surface area (Å²) in [4.78, 5) is 16.0. The highest BCUT2D eigenvalue weighted by Crippen LogP contribution is 2.19. The molecule has 0 saturated heterocycles. The molecule has 0 bridgehead atoms. The van der Waals surface area contributed by atoms with Crippen LogP contribution in [0.15, 0.2) is 59.1 Å². The zero-order valence-electron chi connectivity index (χ0n) is 11.4. The first kappa shape index (κ1) is 13.1. The third-order valence-electron chi connectivity index (χ3n) is 3.00. The summed E-state index contributed by atoms with van der Waals surface area (Å²) in [5.41, 5.74) is 2.70. The van der Waals surface area contributed by atoms with Crippen LogP contribution < -0.4 is 5.32 Å². The van der Waals surface area contributed by atoms with Crippen LogP contribution in [-0.4, -0.2) is 16.0 Å². The summed E-state index contributed by atoms with van der Waals surface area (Å²) >= 11 is 0. The number of carbonyl (C=O) groups is 1. The second-order valence-electron chi connectivity index (χ2n) is 4.54. The summed E-state index contributed by atoms with van der Waals surface area (Å²) in [7, 11) is 0. The van der Waals surface area contributed by atoms with Gasteiger partial charge in [0.25, 0.3) is 5.91 Å². The van der Waals surface area contributed by atoms with E-state index in [1.54, 1.807) is 19.1 Å². The molecule has 0 fully saturated rings. The fourth-order valence-corrected chi connectivity index (χ4v) is 1.96. The summed E-state index contributed by atoms with van der Waals surface area (Å²) in [5.74, 6) is 0.197. The van der Waals surface area contributed by atoms with E-state index in [-0.39, 0.29) is 11.9 Å². The SMILES string of the molecule is Cc1noc(NC(=O)c2ccc(-c3ccccc3)cc2)n1. The average Bonchev–Trinajstić information content (AvgIpc) is 2.93. The number of rotatable bonds is 3. The van der Waals surface area contributed by atoms with Crippen LogP contribution in [0, 0.1) is 6.92 Å². The van der Waals surface area contributed by atoms with Gasteiger partial charge in [0.05, 0.1) is 0 Å². The maximum Gasteiger partial charge on any atom is 0.328 e. The van der Waals surface area contributed by atoms with E-state index in [9.17, 15) is 4.79 Å². The number of benzene rings is 2. The highest BCUT2D eigenvalue weighted by atomic mass is 16.5. The lowest BCUT2D eigenvalue weighted by Crippen LogP contribution is -2.11. The molecule has 1 heterocycles. The Morgan fingerprint density at radius 2 is 1.67 bits per heavy atom. The Hall–Kier alpha value is -2.95. The van der Waals surface area contributed by atoms with Crippen LogP contribution in [0.25, 0.3) is 11.1 Å². The molecule has 5 heteroatoms. The molecule has 0 spiro atoms. The molecule has 21 heavy (non-hydrogen) atoms. The third kappa shape index (κ3) is 2.97. The molecular formula is C16H13N3O2. The molecule has 0 unspecified atom stereocenters. The Bertz CT molecular complexity index is 749. The number of nitrogens with one attached hydrogen (secondary N) is 1. The number of hydrogen-bond donors (Lipinski definition) is 1. The quantitative estimate of drug-likeness (QED) is 0.798. The van der Waals surface area contributed by atoms with E-state index in [1.165, 1.54) is 0 Å². The van der Waals surface area contributed by atoms with Gasteiger partial charge >= 0.3 is 6.01 Å². The lowest BCUT2D eigenvalue weighted by atomic mass is 10.0. The summed E-state index contributed by atoms with van der Waals surface area (Å²) < 4.78 is 4.86. The lowest BCUT2D eigenvalue weighted by Gasteiger charge is -2.04. The monoisotopic (exact) mass is 279 g/mol. The van der Waals surface area contributed by atoms with E-state index in [1.807, 2.05) is 42.5 Å². The van der Waals surface area contributed by atoms with E-state index in [4.69, 9.17) is 4.52 Å². The van der Waals surface area contributed by atoms with Gasteiger partial charge in [0.2, 0.25) is 0 Å². The van der Waals surface area contributed by atoms with E-state index < -0.39 is 0 Å². The highest BCUT2D eigenvalue weighted by Gasteiger charge is 2.10. The first-order valence-electron chi connectivity index (χ1n) is 6.49. The first-order valence-corrected chi connectivity index (χ1v) is 6.49. The van der Waals surface area contributed by atoms with Gasteiger partial charge in [0, 0.05) is 5.56 Å². The molecule has 1 amide bonds. The zero-order chi connectivity index (χ0) is 14.7. The molecule has 1 N–H and O–H groups in total. The van der Waals surface area contributed by atoms with Gasteiger partial charge < -0.3 is 4.52 Å². The fourth-order valence-electron chi connectivity index (χ4n) is 1.96. The van der Waals surface area contributed by atoms with Crippen LogP contribution in [0.2, 0.25) is 0 Å². The normalized spacial score (nSPS) is 10.3. The Balaban J connectivity index is 1.76. The van der Waals surface area contributed by atoms with E-state index in [0.29, 0.717) is 11.4 Å². The van der Waals surface area contributed by atoms with Crippen molar-refractivity contribution in [3.8, 4) is 11.1 Å². The molecule has 0 saturated carbocycles. The molecular weight excluding hydrogens is 266 g/mol. The van der Waals surface area contributed by atoms with E-state index >= 15 is 0 Å². The average molecular weight is 279 g/mol. The minimum Gasteiger partial charge on any atom is -0.315 e. The fraction of sp³-hybridized carbons (Fsp3) is 0.0625. The number of amides is 1. The molecule has 1 aromatic heterocycles. The second kappa shape index (κ2) is 5.58. The predicted molar refractivity (Wildman–Crippen MR) is 78.9 cm³/mol. The zero-order valence-corrected chi connectivity index (χ0v) is 11.4. The van der Waals surface area contributed by atoms with Crippen molar-refractivity contribution < 1.29 is 9.32 Å². The molecule has 104 valence electrons. The standard InChI is InChI=1S/C16H13N3O2/c1-11-17-16(21-19-11)18-15(20)14-9-7-13(8-10-14)12-5-3-2-4-6-12/h2-10H,1H3,(H,17,18,19,20). The first-order chi connectivity index (χ1) is 10.2. The molecule has 3 rings (SSSR count). The van der Waals surface area contributed by atoms with Crippen molar-refractivity contribution in [1.29, 1.82) is 0 Å². The Morgan fingerprint density at radius 1 is 1.00 bits per heavy atom. The van der Waals surface area contributed by atoms with Crippen LogP contribution >= 0.6 is 0 Å². The van der Waals surface area contributed by atoms with Crippen molar-refractivity contribution in [1.82, 2.24) is 10.1 Å². The van der Waals surface area contributed by atoms with Crippen molar-refractivity contribution >= 4 is 11.9 Å². The van der Waals surface area contributed by atoms with Crippen molar-refractivity contribution in [3.05, 3.63) is 66.0 Å². The second-order valence-corrected chi connectivity index (χ2v) is 4.54. The smallest absolute Gasteiger partial charge is 0.315 e. The number of aryl methyl sites for hydroxylation is 1. The van der Waals surface area contributed by atoms with Gasteiger partial charge in [-0.2, -0.15) is 4.98 Å². The van der Waals surface area contributed by atoms with Crippen LogP contribution in [0.1, 0.15) is 16.2 Å². The van der Waals surface area contributed by atoms with Gasteiger partial charge in [0.1, 0.15) is 0 Å². The largest absolute Gasteiger partial charge is 0.328 e. The molecule has 3 aromatic rings. The Kier molecular flexibility index (Phi) is 3.47. The topological polar surface area (TPSA) is 68.0 Å². The number of nitrogens with zero attached hydrogens (tertiary/aromatic N) is 2. The maximum atomic E-state index is 12.0. The van der Waals surface area contributed by atoms with Crippen LogP contribution in [0.4, 0.5) is 6.01 Å². The molecule has 2 aromatic carbocycles. The minimum absolute atomic E-state index is 0.102. The van der Waals surface area contributed by atoms with Gasteiger partial charge in [-0.25, -0.2) is 0 Å². The Labute approximate surface area is 121 Å². The van der Waals surface area contributed by atoms with Crippen molar-refractivity contribution in [2.24, 2.45) is 0 Å². The molecule has 0 radical (unpaired) electrons. The third-order valence-corrected chi connectivity index (χ3v) is 3.00. The van der Waals surface area contributed by atoms with Crippen molar-refractivity contribution in [2.45, 2.75) is 6.92 Å².